The van der Waals surface area contributed by atoms with Crippen molar-refractivity contribution in [3.05, 3.63) is 29.8 Å². The normalized spacial score (nSPS) is 13.2. The molecule has 0 aliphatic carbocycles. The fraction of sp³-hybridized carbons (Fsp3) is 0.500. The number of rotatable bonds is 4. The zero-order chi connectivity index (χ0) is 13.3. The number of furan rings is 1. The van der Waals surface area contributed by atoms with Gasteiger partial charge in [-0.1, -0.05) is 13.8 Å². The first kappa shape index (κ1) is 12.9. The molecule has 0 saturated heterocycles. The number of aryl methyl sites for hydroxylation is 1. The molecule has 0 aliphatic rings. The number of hydrogen-bond acceptors (Lipinski definition) is 3. The third-order valence-corrected chi connectivity index (χ3v) is 2.85. The van der Waals surface area contributed by atoms with Gasteiger partial charge in [-0.25, -0.2) is 0 Å². The molecule has 0 radical (unpaired) electrons. The number of hydrogen-bond donors (Lipinski definition) is 1. The second-order valence-corrected chi connectivity index (χ2v) is 5.20. The maximum absolute atomic E-state index is 5.85. The maximum atomic E-state index is 5.85. The van der Waals surface area contributed by atoms with Crippen molar-refractivity contribution in [1.29, 1.82) is 0 Å². The molecule has 2 aromatic heterocycles. The van der Waals surface area contributed by atoms with Gasteiger partial charge in [0.25, 0.3) is 0 Å². The van der Waals surface area contributed by atoms with Gasteiger partial charge in [-0.2, -0.15) is 5.10 Å². The molecule has 0 saturated carbocycles. The van der Waals surface area contributed by atoms with Crippen LogP contribution in [0.2, 0.25) is 0 Å². The molecule has 2 heterocycles. The van der Waals surface area contributed by atoms with Crippen molar-refractivity contribution in [2.45, 2.75) is 39.2 Å². The SMILES string of the molecule is CC(N)Cc1ccc(-c2cn(C)nc2C(C)C)o1. The van der Waals surface area contributed by atoms with Crippen LogP contribution in [-0.2, 0) is 13.5 Å². The van der Waals surface area contributed by atoms with E-state index in [0.29, 0.717) is 5.92 Å². The van der Waals surface area contributed by atoms with Crippen molar-refractivity contribution >= 4 is 0 Å². The van der Waals surface area contributed by atoms with Gasteiger partial charge in [0.1, 0.15) is 11.5 Å². The minimum absolute atomic E-state index is 0.113. The lowest BCUT2D eigenvalue weighted by Gasteiger charge is -2.03. The Kier molecular flexibility index (Phi) is 3.57. The van der Waals surface area contributed by atoms with Crippen molar-refractivity contribution in [1.82, 2.24) is 9.78 Å². The van der Waals surface area contributed by atoms with Crippen LogP contribution in [-0.4, -0.2) is 15.8 Å². The van der Waals surface area contributed by atoms with Gasteiger partial charge in [-0.15, -0.1) is 0 Å². The molecule has 0 aromatic carbocycles. The predicted octanol–water partition coefficient (Wildman–Crippen LogP) is 2.69. The average Bonchev–Trinajstić information content (AvgIpc) is 2.83. The highest BCUT2D eigenvalue weighted by atomic mass is 16.3. The van der Waals surface area contributed by atoms with Gasteiger partial charge in [0.15, 0.2) is 0 Å². The molecule has 1 unspecified atom stereocenters. The van der Waals surface area contributed by atoms with Crippen LogP contribution in [0.1, 0.15) is 38.1 Å². The monoisotopic (exact) mass is 247 g/mol. The third-order valence-electron chi connectivity index (χ3n) is 2.85. The third kappa shape index (κ3) is 2.64. The molecule has 0 amide bonds. The number of nitrogens with two attached hydrogens (primary N) is 1. The molecule has 4 nitrogen and oxygen atoms in total. The van der Waals surface area contributed by atoms with Crippen molar-refractivity contribution in [3.63, 3.8) is 0 Å². The van der Waals surface area contributed by atoms with E-state index in [1.165, 1.54) is 0 Å². The standard InChI is InChI=1S/C14H21N3O/c1-9(2)14-12(8-17(4)16-14)13-6-5-11(18-13)7-10(3)15/h5-6,8-10H,7,15H2,1-4H3. The maximum Gasteiger partial charge on any atom is 0.137 e. The number of nitrogens with zero attached hydrogens (tertiary/aromatic N) is 2. The average molecular weight is 247 g/mol. The summed E-state index contributed by atoms with van der Waals surface area (Å²) in [5, 5.41) is 4.49. The van der Waals surface area contributed by atoms with Gasteiger partial charge in [-0.05, 0) is 25.0 Å². The Hall–Kier alpha value is -1.55. The van der Waals surface area contributed by atoms with E-state index in [1.807, 2.05) is 37.0 Å². The Balaban J connectivity index is 2.33. The Morgan fingerprint density at radius 1 is 1.33 bits per heavy atom. The van der Waals surface area contributed by atoms with Crippen LogP contribution in [0.3, 0.4) is 0 Å². The molecule has 0 fully saturated rings. The van der Waals surface area contributed by atoms with E-state index in [-0.39, 0.29) is 6.04 Å². The lowest BCUT2D eigenvalue weighted by Crippen LogP contribution is -2.17. The van der Waals surface area contributed by atoms with Crippen LogP contribution >= 0.6 is 0 Å². The predicted molar refractivity (Wildman–Crippen MR) is 72.4 cm³/mol. The molecule has 2 rings (SSSR count). The van der Waals surface area contributed by atoms with E-state index in [0.717, 1.165) is 29.2 Å². The van der Waals surface area contributed by atoms with Gasteiger partial charge in [0.05, 0.1) is 11.3 Å². The molecular formula is C14H21N3O. The fourth-order valence-electron chi connectivity index (χ4n) is 2.07. The van der Waals surface area contributed by atoms with Gasteiger partial charge >= 0.3 is 0 Å². The summed E-state index contributed by atoms with van der Waals surface area (Å²) in [7, 11) is 1.93. The summed E-state index contributed by atoms with van der Waals surface area (Å²) in [6.07, 6.45) is 2.76. The Labute approximate surface area is 108 Å². The summed E-state index contributed by atoms with van der Waals surface area (Å²) < 4.78 is 7.68. The lowest BCUT2D eigenvalue weighted by atomic mass is 10.1. The van der Waals surface area contributed by atoms with Crippen LogP contribution in [0.5, 0.6) is 0 Å². The minimum Gasteiger partial charge on any atom is -0.461 e. The molecule has 0 bridgehead atoms. The Morgan fingerprint density at radius 2 is 2.06 bits per heavy atom. The summed E-state index contributed by atoms with van der Waals surface area (Å²) in [5.74, 6) is 2.18. The highest BCUT2D eigenvalue weighted by Gasteiger charge is 2.16. The molecule has 18 heavy (non-hydrogen) atoms. The van der Waals surface area contributed by atoms with Crippen molar-refractivity contribution in [2.24, 2.45) is 12.8 Å². The Morgan fingerprint density at radius 3 is 2.67 bits per heavy atom. The van der Waals surface area contributed by atoms with Crippen LogP contribution in [0.25, 0.3) is 11.3 Å². The first-order valence-corrected chi connectivity index (χ1v) is 6.35. The summed E-state index contributed by atoms with van der Waals surface area (Å²) >= 11 is 0. The van der Waals surface area contributed by atoms with Crippen LogP contribution in [0.4, 0.5) is 0 Å². The highest BCUT2D eigenvalue weighted by Crippen LogP contribution is 2.29. The van der Waals surface area contributed by atoms with E-state index >= 15 is 0 Å². The number of aromatic nitrogens is 2. The summed E-state index contributed by atoms with van der Waals surface area (Å²) in [4.78, 5) is 0. The smallest absolute Gasteiger partial charge is 0.137 e. The summed E-state index contributed by atoms with van der Waals surface area (Å²) in [6, 6.07) is 4.11. The summed E-state index contributed by atoms with van der Waals surface area (Å²) in [6.45, 7) is 6.25. The molecule has 98 valence electrons. The fourth-order valence-corrected chi connectivity index (χ4v) is 2.07. The largest absolute Gasteiger partial charge is 0.461 e. The quantitative estimate of drug-likeness (QED) is 0.903. The minimum atomic E-state index is 0.113. The first-order valence-electron chi connectivity index (χ1n) is 6.35. The van der Waals surface area contributed by atoms with Gasteiger partial charge in [0, 0.05) is 25.7 Å². The van der Waals surface area contributed by atoms with Crippen LogP contribution < -0.4 is 5.73 Å². The van der Waals surface area contributed by atoms with Gasteiger partial charge in [0.2, 0.25) is 0 Å². The topological polar surface area (TPSA) is 57.0 Å². The zero-order valence-electron chi connectivity index (χ0n) is 11.5. The van der Waals surface area contributed by atoms with Crippen molar-refractivity contribution in [3.8, 4) is 11.3 Å². The Bertz CT molecular complexity index is 523. The molecule has 4 heteroatoms. The second kappa shape index (κ2) is 4.98. The summed E-state index contributed by atoms with van der Waals surface area (Å²) in [5.41, 5.74) is 7.92. The zero-order valence-corrected chi connectivity index (χ0v) is 11.5. The van der Waals surface area contributed by atoms with E-state index in [1.54, 1.807) is 0 Å². The molecule has 0 spiro atoms. The van der Waals surface area contributed by atoms with Gasteiger partial charge < -0.3 is 10.2 Å². The van der Waals surface area contributed by atoms with Crippen LogP contribution in [0, 0.1) is 0 Å². The lowest BCUT2D eigenvalue weighted by molar-refractivity contribution is 0.502. The van der Waals surface area contributed by atoms with Crippen molar-refractivity contribution < 1.29 is 4.42 Å². The molecule has 2 aromatic rings. The molecule has 0 aliphatic heterocycles. The second-order valence-electron chi connectivity index (χ2n) is 5.20. The molecule has 1 atom stereocenters. The van der Waals surface area contributed by atoms with Crippen molar-refractivity contribution in [2.75, 3.05) is 0 Å². The highest BCUT2D eigenvalue weighted by molar-refractivity contribution is 5.60. The van der Waals surface area contributed by atoms with E-state index < -0.39 is 0 Å². The van der Waals surface area contributed by atoms with E-state index in [2.05, 4.69) is 18.9 Å². The first-order chi connectivity index (χ1) is 8.47. The van der Waals surface area contributed by atoms with Crippen LogP contribution in [0.15, 0.2) is 22.7 Å². The van der Waals surface area contributed by atoms with E-state index in [9.17, 15) is 0 Å². The molecule has 2 N–H and O–H groups in total. The van der Waals surface area contributed by atoms with Gasteiger partial charge in [-0.3, -0.25) is 4.68 Å². The van der Waals surface area contributed by atoms with E-state index in [4.69, 9.17) is 10.2 Å². The molecular weight excluding hydrogens is 226 g/mol.